The van der Waals surface area contributed by atoms with Crippen LogP contribution < -0.4 is 10.1 Å². The topological polar surface area (TPSA) is 84.7 Å². The molecule has 2 aromatic carbocycles. The van der Waals surface area contributed by atoms with Gasteiger partial charge >= 0.3 is 0 Å². The van der Waals surface area contributed by atoms with Crippen LogP contribution in [0, 0.1) is 10.1 Å². The molecule has 0 bridgehead atoms. The third kappa shape index (κ3) is 4.77. The third-order valence-electron chi connectivity index (χ3n) is 3.68. The largest absolute Gasteiger partial charge is 0.496 e. The normalized spacial score (nSPS) is 10.6. The number of nitrogens with one attached hydrogen (secondary N) is 1. The van der Waals surface area contributed by atoms with Crippen LogP contribution in [0.5, 0.6) is 5.75 Å². The highest BCUT2D eigenvalue weighted by Gasteiger charge is 2.17. The number of hydrogen-bond donors (Lipinski definition) is 1. The second-order valence-corrected chi connectivity index (χ2v) is 5.83. The molecule has 0 aliphatic heterocycles. The lowest BCUT2D eigenvalue weighted by Gasteiger charge is -2.15. The van der Waals surface area contributed by atoms with Crippen LogP contribution in [0.4, 0.5) is 5.69 Å². The van der Waals surface area contributed by atoms with Gasteiger partial charge in [-0.05, 0) is 31.3 Å². The van der Waals surface area contributed by atoms with E-state index < -0.39 is 10.8 Å². The molecule has 0 aromatic heterocycles. The third-order valence-corrected chi connectivity index (χ3v) is 3.68. The molecule has 0 atom stereocenters. The van der Waals surface area contributed by atoms with E-state index >= 15 is 0 Å². The summed E-state index contributed by atoms with van der Waals surface area (Å²) >= 11 is 0. The molecule has 7 heteroatoms. The first kappa shape index (κ1) is 18.4. The van der Waals surface area contributed by atoms with Crippen molar-refractivity contribution in [2.75, 3.05) is 21.2 Å². The zero-order valence-corrected chi connectivity index (χ0v) is 14.5. The predicted molar refractivity (Wildman–Crippen MR) is 94.7 cm³/mol. The Bertz CT molecular complexity index is 775. The van der Waals surface area contributed by atoms with Gasteiger partial charge in [-0.1, -0.05) is 24.3 Å². The fourth-order valence-electron chi connectivity index (χ4n) is 2.48. The summed E-state index contributed by atoms with van der Waals surface area (Å²) in [5.74, 6) is -0.120. The van der Waals surface area contributed by atoms with Gasteiger partial charge in [0.1, 0.15) is 5.75 Å². The number of carbonyl (C=O) groups is 1. The number of nitrogens with zero attached hydrogens (tertiary/aromatic N) is 2. The summed E-state index contributed by atoms with van der Waals surface area (Å²) < 4.78 is 5.14. The molecule has 0 unspecified atom stereocenters. The molecule has 1 N–H and O–H groups in total. The molecule has 0 fully saturated rings. The number of carbonyl (C=O) groups excluding carboxylic acids is 1. The first-order chi connectivity index (χ1) is 11.9. The lowest BCUT2D eigenvalue weighted by Crippen LogP contribution is -2.24. The first-order valence-electron chi connectivity index (χ1n) is 7.74. The van der Waals surface area contributed by atoms with Crippen LogP contribution in [0.15, 0.2) is 42.5 Å². The number of amides is 1. The van der Waals surface area contributed by atoms with Gasteiger partial charge in [0.05, 0.1) is 17.6 Å². The van der Waals surface area contributed by atoms with Crippen LogP contribution in [-0.4, -0.2) is 36.9 Å². The minimum atomic E-state index is -0.539. The Hall–Kier alpha value is -2.93. The molecule has 0 saturated heterocycles. The second kappa shape index (κ2) is 8.25. The van der Waals surface area contributed by atoms with E-state index in [1.165, 1.54) is 25.3 Å². The lowest BCUT2D eigenvalue weighted by molar-refractivity contribution is -0.384. The number of ether oxygens (including phenoxy) is 1. The molecule has 25 heavy (non-hydrogen) atoms. The van der Waals surface area contributed by atoms with E-state index in [4.69, 9.17) is 4.74 Å². The Morgan fingerprint density at radius 3 is 2.48 bits per heavy atom. The van der Waals surface area contributed by atoms with Crippen LogP contribution >= 0.6 is 0 Å². The van der Waals surface area contributed by atoms with Gasteiger partial charge in [0.25, 0.3) is 11.6 Å². The molecule has 132 valence electrons. The van der Waals surface area contributed by atoms with Gasteiger partial charge < -0.3 is 15.0 Å². The summed E-state index contributed by atoms with van der Waals surface area (Å²) in [6.07, 6.45) is 0. The van der Waals surface area contributed by atoms with Crippen molar-refractivity contribution in [3.05, 3.63) is 69.3 Å². The van der Waals surface area contributed by atoms with Crippen molar-refractivity contribution in [3.8, 4) is 5.75 Å². The zero-order chi connectivity index (χ0) is 18.4. The highest BCUT2D eigenvalue weighted by atomic mass is 16.6. The van der Waals surface area contributed by atoms with E-state index in [9.17, 15) is 14.9 Å². The van der Waals surface area contributed by atoms with E-state index in [-0.39, 0.29) is 11.3 Å². The van der Waals surface area contributed by atoms with Crippen molar-refractivity contribution < 1.29 is 14.5 Å². The molecule has 0 radical (unpaired) electrons. The summed E-state index contributed by atoms with van der Waals surface area (Å²) in [7, 11) is 5.37. The maximum absolute atomic E-state index is 12.5. The second-order valence-electron chi connectivity index (χ2n) is 5.83. The van der Waals surface area contributed by atoms with Gasteiger partial charge in [0.2, 0.25) is 0 Å². The molecule has 0 aliphatic carbocycles. The fourth-order valence-corrected chi connectivity index (χ4v) is 2.48. The van der Waals surface area contributed by atoms with Crippen molar-refractivity contribution >= 4 is 11.6 Å². The Balaban J connectivity index is 2.18. The van der Waals surface area contributed by atoms with Crippen molar-refractivity contribution in [2.45, 2.75) is 13.1 Å². The summed E-state index contributed by atoms with van der Waals surface area (Å²) in [6.45, 7) is 1.08. The summed E-state index contributed by atoms with van der Waals surface area (Å²) in [5.41, 5.74) is 2.09. The molecule has 0 heterocycles. The van der Waals surface area contributed by atoms with Gasteiger partial charge in [-0.15, -0.1) is 0 Å². The highest BCUT2D eigenvalue weighted by Crippen LogP contribution is 2.24. The Kier molecular flexibility index (Phi) is 6.08. The number of nitro groups is 1. The maximum Gasteiger partial charge on any atom is 0.270 e. The quantitative estimate of drug-likeness (QED) is 0.617. The molecule has 0 saturated carbocycles. The standard InChI is InChI=1S/C18H21N3O4/c1-20(2)12-14-7-5-4-6-13(14)11-19-18(22)16-10-15(21(23)24)8-9-17(16)25-3/h4-10H,11-12H2,1-3H3,(H,19,22). The summed E-state index contributed by atoms with van der Waals surface area (Å²) in [4.78, 5) is 24.9. The molecule has 2 rings (SSSR count). The molecule has 0 aliphatic rings. The maximum atomic E-state index is 12.5. The van der Waals surface area contributed by atoms with Crippen molar-refractivity contribution in [1.82, 2.24) is 10.2 Å². The number of nitro benzene ring substituents is 1. The average molecular weight is 343 g/mol. The Labute approximate surface area is 146 Å². The Morgan fingerprint density at radius 2 is 1.88 bits per heavy atom. The van der Waals surface area contributed by atoms with Gasteiger partial charge in [0.15, 0.2) is 0 Å². The highest BCUT2D eigenvalue weighted by molar-refractivity contribution is 5.97. The van der Waals surface area contributed by atoms with E-state index in [0.717, 1.165) is 17.7 Å². The number of rotatable bonds is 7. The van der Waals surface area contributed by atoms with Crippen LogP contribution in [0.25, 0.3) is 0 Å². The monoisotopic (exact) mass is 343 g/mol. The number of benzene rings is 2. The first-order valence-corrected chi connectivity index (χ1v) is 7.74. The lowest BCUT2D eigenvalue weighted by atomic mass is 10.1. The number of methoxy groups -OCH3 is 1. The molecular weight excluding hydrogens is 322 g/mol. The van der Waals surface area contributed by atoms with Crippen molar-refractivity contribution in [2.24, 2.45) is 0 Å². The van der Waals surface area contributed by atoms with Crippen LogP contribution in [0.2, 0.25) is 0 Å². The molecular formula is C18H21N3O4. The van der Waals surface area contributed by atoms with Crippen LogP contribution in [-0.2, 0) is 13.1 Å². The minimum Gasteiger partial charge on any atom is -0.496 e. The zero-order valence-electron chi connectivity index (χ0n) is 14.5. The summed E-state index contributed by atoms with van der Waals surface area (Å²) in [5, 5.41) is 13.7. The average Bonchev–Trinajstić information content (AvgIpc) is 2.59. The van der Waals surface area contributed by atoms with E-state index in [1.54, 1.807) is 0 Å². The van der Waals surface area contributed by atoms with Gasteiger partial charge in [0, 0.05) is 25.2 Å². The smallest absolute Gasteiger partial charge is 0.270 e. The van der Waals surface area contributed by atoms with Gasteiger partial charge in [-0.25, -0.2) is 0 Å². The number of non-ortho nitro benzene ring substituents is 1. The van der Waals surface area contributed by atoms with E-state index in [2.05, 4.69) is 5.32 Å². The van der Waals surface area contributed by atoms with E-state index in [0.29, 0.717) is 12.3 Å². The van der Waals surface area contributed by atoms with E-state index in [1.807, 2.05) is 43.3 Å². The predicted octanol–water partition coefficient (Wildman–Crippen LogP) is 2.60. The van der Waals surface area contributed by atoms with Crippen LogP contribution in [0.1, 0.15) is 21.5 Å². The molecule has 0 spiro atoms. The van der Waals surface area contributed by atoms with Crippen molar-refractivity contribution in [3.63, 3.8) is 0 Å². The van der Waals surface area contributed by atoms with Crippen LogP contribution in [0.3, 0.4) is 0 Å². The Morgan fingerprint density at radius 1 is 1.20 bits per heavy atom. The van der Waals surface area contributed by atoms with Crippen molar-refractivity contribution in [1.29, 1.82) is 0 Å². The fraction of sp³-hybridized carbons (Fsp3) is 0.278. The van der Waals surface area contributed by atoms with Gasteiger partial charge in [-0.2, -0.15) is 0 Å². The molecule has 2 aromatic rings. The molecule has 7 nitrogen and oxygen atoms in total. The SMILES string of the molecule is COc1ccc([N+](=O)[O-])cc1C(=O)NCc1ccccc1CN(C)C. The summed E-state index contributed by atoms with van der Waals surface area (Å²) in [6, 6.07) is 11.8. The van der Waals surface area contributed by atoms with Gasteiger partial charge in [-0.3, -0.25) is 14.9 Å². The molecule has 1 amide bonds. The number of hydrogen-bond acceptors (Lipinski definition) is 5. The minimum absolute atomic E-state index is 0.141.